The molecule has 0 aliphatic carbocycles. The third kappa shape index (κ3) is 1.59. The zero-order valence-electron chi connectivity index (χ0n) is 8.18. The Bertz CT molecular complexity index is 479. The SMILES string of the molecule is Cc1ncnc(-n2ccnc2CN)c1F. The van der Waals surface area contributed by atoms with Gasteiger partial charge in [-0.1, -0.05) is 0 Å². The first-order valence-corrected chi connectivity index (χ1v) is 4.43. The minimum atomic E-state index is -0.454. The van der Waals surface area contributed by atoms with E-state index in [0.29, 0.717) is 11.5 Å². The Morgan fingerprint density at radius 3 is 2.93 bits per heavy atom. The van der Waals surface area contributed by atoms with E-state index in [9.17, 15) is 4.39 Å². The number of nitrogens with two attached hydrogens (primary N) is 1. The predicted molar refractivity (Wildman–Crippen MR) is 51.7 cm³/mol. The van der Waals surface area contributed by atoms with Gasteiger partial charge in [0.05, 0.1) is 12.2 Å². The van der Waals surface area contributed by atoms with Gasteiger partial charge < -0.3 is 5.73 Å². The fourth-order valence-corrected chi connectivity index (χ4v) is 1.29. The lowest BCUT2D eigenvalue weighted by Crippen LogP contribution is -2.10. The van der Waals surface area contributed by atoms with E-state index in [4.69, 9.17) is 5.73 Å². The maximum Gasteiger partial charge on any atom is 0.187 e. The largest absolute Gasteiger partial charge is 0.324 e. The highest BCUT2D eigenvalue weighted by Crippen LogP contribution is 2.13. The van der Waals surface area contributed by atoms with E-state index in [2.05, 4.69) is 15.0 Å². The number of aryl methyl sites for hydroxylation is 1. The molecule has 5 nitrogen and oxygen atoms in total. The molecule has 78 valence electrons. The highest BCUT2D eigenvalue weighted by molar-refractivity contribution is 5.27. The molecule has 0 spiro atoms. The molecule has 2 heterocycles. The highest BCUT2D eigenvalue weighted by Gasteiger charge is 2.12. The van der Waals surface area contributed by atoms with Crippen LogP contribution in [0.5, 0.6) is 0 Å². The Labute approximate surface area is 85.8 Å². The Kier molecular flexibility index (Phi) is 2.42. The lowest BCUT2D eigenvalue weighted by Gasteiger charge is -2.06. The Morgan fingerprint density at radius 1 is 1.40 bits per heavy atom. The van der Waals surface area contributed by atoms with Crippen LogP contribution in [0.3, 0.4) is 0 Å². The normalized spacial score (nSPS) is 10.6. The van der Waals surface area contributed by atoms with Crippen molar-refractivity contribution in [3.8, 4) is 5.82 Å². The summed E-state index contributed by atoms with van der Waals surface area (Å²) in [6.07, 6.45) is 4.49. The van der Waals surface area contributed by atoms with Gasteiger partial charge in [0, 0.05) is 12.4 Å². The fraction of sp³-hybridized carbons (Fsp3) is 0.222. The van der Waals surface area contributed by atoms with E-state index >= 15 is 0 Å². The molecule has 0 saturated carbocycles. The van der Waals surface area contributed by atoms with E-state index in [0.717, 1.165) is 0 Å². The summed E-state index contributed by atoms with van der Waals surface area (Å²) in [5.41, 5.74) is 5.77. The second kappa shape index (κ2) is 3.74. The molecule has 15 heavy (non-hydrogen) atoms. The van der Waals surface area contributed by atoms with Gasteiger partial charge in [0.2, 0.25) is 0 Å². The van der Waals surface area contributed by atoms with Crippen molar-refractivity contribution in [3.63, 3.8) is 0 Å². The average Bonchev–Trinajstić information content (AvgIpc) is 2.70. The van der Waals surface area contributed by atoms with E-state index < -0.39 is 5.82 Å². The summed E-state index contributed by atoms with van der Waals surface area (Å²) in [4.78, 5) is 11.6. The quantitative estimate of drug-likeness (QED) is 0.781. The van der Waals surface area contributed by atoms with Crippen molar-refractivity contribution in [2.24, 2.45) is 5.73 Å². The van der Waals surface area contributed by atoms with Crippen molar-refractivity contribution in [3.05, 3.63) is 36.1 Å². The van der Waals surface area contributed by atoms with E-state index in [1.807, 2.05) is 0 Å². The summed E-state index contributed by atoms with van der Waals surface area (Å²) in [5.74, 6) is 0.289. The third-order valence-electron chi connectivity index (χ3n) is 2.07. The van der Waals surface area contributed by atoms with Crippen LogP contribution in [0.1, 0.15) is 11.5 Å². The second-order valence-corrected chi connectivity index (χ2v) is 3.01. The summed E-state index contributed by atoms with van der Waals surface area (Å²) < 4.78 is 15.2. The molecule has 0 radical (unpaired) electrons. The van der Waals surface area contributed by atoms with Crippen LogP contribution in [0.25, 0.3) is 5.82 Å². The van der Waals surface area contributed by atoms with Gasteiger partial charge in [-0.25, -0.2) is 19.3 Å². The number of nitrogens with zero attached hydrogens (tertiary/aromatic N) is 4. The van der Waals surface area contributed by atoms with E-state index in [1.54, 1.807) is 19.3 Å². The molecule has 0 atom stereocenters. The summed E-state index contributed by atoms with van der Waals surface area (Å²) in [7, 11) is 0. The number of hydrogen-bond acceptors (Lipinski definition) is 4. The van der Waals surface area contributed by atoms with Crippen molar-refractivity contribution in [1.82, 2.24) is 19.5 Å². The lowest BCUT2D eigenvalue weighted by atomic mass is 10.4. The summed E-state index contributed by atoms with van der Waals surface area (Å²) >= 11 is 0. The molecule has 0 aliphatic heterocycles. The van der Waals surface area contributed by atoms with Crippen LogP contribution >= 0.6 is 0 Å². The fourth-order valence-electron chi connectivity index (χ4n) is 1.29. The van der Waals surface area contributed by atoms with Crippen LogP contribution < -0.4 is 5.73 Å². The maximum atomic E-state index is 13.7. The van der Waals surface area contributed by atoms with Crippen molar-refractivity contribution in [2.45, 2.75) is 13.5 Å². The summed E-state index contributed by atoms with van der Waals surface area (Å²) in [6, 6.07) is 0. The van der Waals surface area contributed by atoms with Crippen LogP contribution in [0.4, 0.5) is 4.39 Å². The monoisotopic (exact) mass is 207 g/mol. The van der Waals surface area contributed by atoms with Crippen LogP contribution in [-0.2, 0) is 6.54 Å². The average molecular weight is 207 g/mol. The molecule has 2 N–H and O–H groups in total. The summed E-state index contributed by atoms with van der Waals surface area (Å²) in [6.45, 7) is 1.81. The second-order valence-electron chi connectivity index (χ2n) is 3.01. The zero-order chi connectivity index (χ0) is 10.8. The Morgan fingerprint density at radius 2 is 2.20 bits per heavy atom. The van der Waals surface area contributed by atoms with Crippen molar-refractivity contribution < 1.29 is 4.39 Å². The van der Waals surface area contributed by atoms with Crippen molar-refractivity contribution >= 4 is 0 Å². The molecule has 0 bridgehead atoms. The first kappa shape index (κ1) is 9.72. The van der Waals surface area contributed by atoms with Crippen molar-refractivity contribution in [2.75, 3.05) is 0 Å². The highest BCUT2D eigenvalue weighted by atomic mass is 19.1. The Balaban J connectivity index is 2.59. The minimum Gasteiger partial charge on any atom is -0.324 e. The summed E-state index contributed by atoms with van der Waals surface area (Å²) in [5, 5.41) is 0. The predicted octanol–water partition coefficient (Wildman–Crippen LogP) is 0.569. The van der Waals surface area contributed by atoms with Gasteiger partial charge >= 0.3 is 0 Å². The van der Waals surface area contributed by atoms with Crippen LogP contribution in [0, 0.1) is 12.7 Å². The molecule has 2 aromatic rings. The molecular formula is C9H10FN5. The molecule has 2 rings (SSSR count). The number of rotatable bonds is 2. The topological polar surface area (TPSA) is 69.6 Å². The number of halogens is 1. The number of hydrogen-bond donors (Lipinski definition) is 1. The molecule has 0 fully saturated rings. The van der Waals surface area contributed by atoms with Gasteiger partial charge in [-0.3, -0.25) is 4.57 Å². The molecular weight excluding hydrogens is 197 g/mol. The maximum absolute atomic E-state index is 13.7. The molecule has 0 aromatic carbocycles. The van der Waals surface area contributed by atoms with Gasteiger partial charge in [-0.15, -0.1) is 0 Å². The zero-order valence-corrected chi connectivity index (χ0v) is 8.18. The number of aromatic nitrogens is 4. The van der Waals surface area contributed by atoms with Gasteiger partial charge in [-0.05, 0) is 6.92 Å². The van der Waals surface area contributed by atoms with Crippen molar-refractivity contribution in [1.29, 1.82) is 0 Å². The van der Waals surface area contributed by atoms with Crippen LogP contribution in [0.2, 0.25) is 0 Å². The lowest BCUT2D eigenvalue weighted by molar-refractivity contribution is 0.586. The first-order valence-electron chi connectivity index (χ1n) is 4.43. The molecule has 0 unspecified atom stereocenters. The smallest absolute Gasteiger partial charge is 0.187 e. The van der Waals surface area contributed by atoms with Crippen LogP contribution in [-0.4, -0.2) is 19.5 Å². The molecule has 0 amide bonds. The first-order chi connectivity index (χ1) is 7.24. The van der Waals surface area contributed by atoms with E-state index in [1.165, 1.54) is 10.9 Å². The molecule has 0 saturated heterocycles. The van der Waals surface area contributed by atoms with Gasteiger partial charge in [0.15, 0.2) is 11.6 Å². The van der Waals surface area contributed by atoms with E-state index in [-0.39, 0.29) is 12.4 Å². The third-order valence-corrected chi connectivity index (χ3v) is 2.07. The van der Waals surface area contributed by atoms with Crippen LogP contribution in [0.15, 0.2) is 18.7 Å². The van der Waals surface area contributed by atoms with Gasteiger partial charge in [0.25, 0.3) is 0 Å². The number of imidazole rings is 1. The Hall–Kier alpha value is -1.82. The van der Waals surface area contributed by atoms with Gasteiger partial charge in [0.1, 0.15) is 12.2 Å². The van der Waals surface area contributed by atoms with Gasteiger partial charge in [-0.2, -0.15) is 0 Å². The minimum absolute atomic E-state index is 0.181. The molecule has 2 aromatic heterocycles. The molecule has 6 heteroatoms. The standard InChI is InChI=1S/C9H10FN5/c1-6-8(10)9(14-5-13-6)15-3-2-12-7(15)4-11/h2-3,5H,4,11H2,1H3. The molecule has 0 aliphatic rings.